The third-order valence-electron chi connectivity index (χ3n) is 5.40. The first-order chi connectivity index (χ1) is 18.2. The topological polar surface area (TPSA) is 178 Å². The quantitative estimate of drug-likeness (QED) is 0.108. The summed E-state index contributed by atoms with van der Waals surface area (Å²) in [6.45, 7) is 6.14. The van der Waals surface area contributed by atoms with Gasteiger partial charge in [0.25, 0.3) is 0 Å². The summed E-state index contributed by atoms with van der Waals surface area (Å²) in [4.78, 5) is 47.1. The molecule has 12 heteroatoms. The predicted molar refractivity (Wildman–Crippen MR) is 140 cm³/mol. The molecule has 2 unspecified atom stereocenters. The van der Waals surface area contributed by atoms with Gasteiger partial charge in [-0.1, -0.05) is 44.2 Å². The van der Waals surface area contributed by atoms with E-state index in [0.717, 1.165) is 5.56 Å². The number of nitrogens with two attached hydrogens (primary N) is 1. The number of aliphatic carboxylic acids is 1. The highest BCUT2D eigenvalue weighted by Gasteiger charge is 2.20. The summed E-state index contributed by atoms with van der Waals surface area (Å²) in [7, 11) is 0. The molecule has 38 heavy (non-hydrogen) atoms. The zero-order chi connectivity index (χ0) is 28.2. The van der Waals surface area contributed by atoms with Gasteiger partial charge in [-0.3, -0.25) is 14.4 Å². The monoisotopic (exact) mass is 538 g/mol. The zero-order valence-corrected chi connectivity index (χ0v) is 22.3. The maximum Gasteiger partial charge on any atom is 0.326 e. The van der Waals surface area contributed by atoms with Gasteiger partial charge in [-0.2, -0.15) is 0 Å². The number of carbonyl (C=O) groups is 4. The molecule has 0 saturated heterocycles. The Kier molecular flexibility index (Phi) is 17.3. The van der Waals surface area contributed by atoms with Crippen LogP contribution in [0.3, 0.4) is 0 Å². The Balaban J connectivity index is 1.98. The Labute approximate surface area is 224 Å². The maximum absolute atomic E-state index is 12.1. The predicted octanol–water partition coefficient (Wildman–Crippen LogP) is 0.192. The van der Waals surface area contributed by atoms with Gasteiger partial charge in [-0.05, 0) is 17.9 Å². The van der Waals surface area contributed by atoms with Gasteiger partial charge < -0.3 is 41.0 Å². The van der Waals surface area contributed by atoms with E-state index in [-0.39, 0.29) is 50.3 Å². The third-order valence-corrected chi connectivity index (χ3v) is 5.40. The second kappa shape index (κ2) is 20.0. The molecule has 0 fully saturated rings. The molecule has 1 aromatic rings. The number of amides is 3. The number of ether oxygens (including phenoxy) is 3. The summed E-state index contributed by atoms with van der Waals surface area (Å²) in [5.41, 5.74) is 6.55. The molecule has 0 aromatic heterocycles. The van der Waals surface area contributed by atoms with Crippen LogP contribution in [-0.4, -0.2) is 87.2 Å². The molecule has 214 valence electrons. The van der Waals surface area contributed by atoms with E-state index in [1.165, 1.54) is 0 Å². The van der Waals surface area contributed by atoms with Crippen molar-refractivity contribution in [2.45, 2.75) is 51.6 Å². The number of benzene rings is 1. The number of hydrogen-bond acceptors (Lipinski definition) is 8. The van der Waals surface area contributed by atoms with Crippen LogP contribution in [0, 0.1) is 5.92 Å². The number of hydrogen-bond donors (Lipinski definition) is 5. The second-order valence-electron chi connectivity index (χ2n) is 8.94. The van der Waals surface area contributed by atoms with E-state index < -0.39 is 24.0 Å². The first kappa shape index (κ1) is 33.0. The second-order valence-corrected chi connectivity index (χ2v) is 8.94. The lowest BCUT2D eigenvalue weighted by Gasteiger charge is -2.15. The van der Waals surface area contributed by atoms with Crippen LogP contribution in [0.1, 0.15) is 38.7 Å². The summed E-state index contributed by atoms with van der Waals surface area (Å²) in [6.07, 6.45) is 0.610. The molecule has 0 spiro atoms. The summed E-state index contributed by atoms with van der Waals surface area (Å²) in [5.74, 6) is -2.10. The minimum atomic E-state index is -1.14. The van der Waals surface area contributed by atoms with E-state index >= 15 is 0 Å². The first-order valence-corrected chi connectivity index (χ1v) is 12.8. The first-order valence-electron chi connectivity index (χ1n) is 12.8. The van der Waals surface area contributed by atoms with Gasteiger partial charge in [0.1, 0.15) is 12.8 Å². The molecule has 6 N–H and O–H groups in total. The van der Waals surface area contributed by atoms with Gasteiger partial charge in [-0.25, -0.2) is 4.79 Å². The van der Waals surface area contributed by atoms with Gasteiger partial charge in [0.05, 0.1) is 32.5 Å². The smallest absolute Gasteiger partial charge is 0.326 e. The molecular weight excluding hydrogens is 496 g/mol. The van der Waals surface area contributed by atoms with Crippen LogP contribution in [0.5, 0.6) is 0 Å². The molecular formula is C26H42N4O8. The van der Waals surface area contributed by atoms with Crippen molar-refractivity contribution in [3.63, 3.8) is 0 Å². The fraction of sp³-hybridized carbons (Fsp3) is 0.615. The number of carboxylic acid groups (broad SMARTS) is 1. The van der Waals surface area contributed by atoms with E-state index in [1.807, 2.05) is 19.9 Å². The van der Waals surface area contributed by atoms with Crippen molar-refractivity contribution in [2.24, 2.45) is 11.7 Å². The van der Waals surface area contributed by atoms with E-state index in [0.29, 0.717) is 39.4 Å². The van der Waals surface area contributed by atoms with Gasteiger partial charge in [0, 0.05) is 32.4 Å². The Morgan fingerprint density at radius 3 is 2.11 bits per heavy atom. The molecule has 1 aromatic carbocycles. The molecule has 0 heterocycles. The molecule has 2 atom stereocenters. The van der Waals surface area contributed by atoms with Gasteiger partial charge in [0.2, 0.25) is 17.7 Å². The van der Waals surface area contributed by atoms with Gasteiger partial charge >= 0.3 is 5.97 Å². The van der Waals surface area contributed by atoms with Gasteiger partial charge in [-0.15, -0.1) is 0 Å². The molecule has 3 amide bonds. The molecule has 1 rings (SSSR count). The van der Waals surface area contributed by atoms with Crippen LogP contribution in [0.4, 0.5) is 0 Å². The molecule has 0 aliphatic heterocycles. The Bertz CT molecular complexity index is 838. The summed E-state index contributed by atoms with van der Waals surface area (Å²) in [6, 6.07) is 7.41. The Morgan fingerprint density at radius 2 is 1.47 bits per heavy atom. The van der Waals surface area contributed by atoms with Crippen LogP contribution >= 0.6 is 0 Å². The SMILES string of the molecule is CC(C)C(N)C(=O)NCCCOCCOCCOCNC(=O)CCC(=O)NC(Cc1ccccc1)C(=O)O. The van der Waals surface area contributed by atoms with E-state index in [2.05, 4.69) is 16.0 Å². The molecule has 0 aliphatic carbocycles. The fourth-order valence-corrected chi connectivity index (χ4v) is 3.08. The lowest BCUT2D eigenvalue weighted by Crippen LogP contribution is -2.44. The van der Waals surface area contributed by atoms with Crippen molar-refractivity contribution >= 4 is 23.7 Å². The van der Waals surface area contributed by atoms with Crippen LogP contribution in [0.15, 0.2) is 30.3 Å². The number of carbonyl (C=O) groups excluding carboxylic acids is 3. The Hall–Kier alpha value is -3.06. The summed E-state index contributed by atoms with van der Waals surface area (Å²) < 4.78 is 16.1. The highest BCUT2D eigenvalue weighted by molar-refractivity contribution is 5.87. The van der Waals surface area contributed by atoms with Crippen molar-refractivity contribution in [1.29, 1.82) is 0 Å². The summed E-state index contributed by atoms with van der Waals surface area (Å²) in [5, 5.41) is 17.1. The maximum atomic E-state index is 12.1. The van der Waals surface area contributed by atoms with Crippen LogP contribution in [0.25, 0.3) is 0 Å². The van der Waals surface area contributed by atoms with E-state index in [9.17, 15) is 24.3 Å². The van der Waals surface area contributed by atoms with E-state index in [4.69, 9.17) is 19.9 Å². The van der Waals surface area contributed by atoms with Crippen molar-refractivity contribution in [2.75, 3.05) is 46.3 Å². The zero-order valence-electron chi connectivity index (χ0n) is 22.3. The highest BCUT2D eigenvalue weighted by Crippen LogP contribution is 2.04. The Morgan fingerprint density at radius 1 is 0.868 bits per heavy atom. The van der Waals surface area contributed by atoms with Crippen LogP contribution in [0.2, 0.25) is 0 Å². The lowest BCUT2D eigenvalue weighted by atomic mass is 10.1. The van der Waals surface area contributed by atoms with Crippen molar-refractivity contribution < 1.29 is 38.5 Å². The molecule has 12 nitrogen and oxygen atoms in total. The molecule has 0 bridgehead atoms. The van der Waals surface area contributed by atoms with Crippen molar-refractivity contribution in [3.05, 3.63) is 35.9 Å². The number of nitrogens with one attached hydrogen (secondary N) is 3. The standard InChI is InChI=1S/C26H42N4O8/c1-19(2)24(27)25(33)28-11-6-12-36-13-14-37-15-16-38-18-29-22(31)9-10-23(32)30-21(26(34)35)17-20-7-4-3-5-8-20/h3-5,7-8,19,21,24H,6,9-18,27H2,1-2H3,(H,28,33)(H,29,31)(H,30,32)(H,34,35). The van der Waals surface area contributed by atoms with E-state index in [1.54, 1.807) is 24.3 Å². The average molecular weight is 539 g/mol. The third kappa shape index (κ3) is 15.9. The minimum absolute atomic E-state index is 0.0295. The molecule has 0 aliphatic rings. The minimum Gasteiger partial charge on any atom is -0.480 e. The van der Waals surface area contributed by atoms with Gasteiger partial charge in [0.15, 0.2) is 0 Å². The number of carboxylic acids is 1. The lowest BCUT2D eigenvalue weighted by molar-refractivity contribution is -0.141. The van der Waals surface area contributed by atoms with Crippen LogP contribution < -0.4 is 21.7 Å². The molecule has 0 radical (unpaired) electrons. The van der Waals surface area contributed by atoms with Crippen molar-refractivity contribution in [3.8, 4) is 0 Å². The highest BCUT2D eigenvalue weighted by atomic mass is 16.5. The number of rotatable bonds is 21. The average Bonchev–Trinajstić information content (AvgIpc) is 2.89. The fourth-order valence-electron chi connectivity index (χ4n) is 3.08. The summed E-state index contributed by atoms with van der Waals surface area (Å²) >= 11 is 0. The van der Waals surface area contributed by atoms with Crippen molar-refractivity contribution in [1.82, 2.24) is 16.0 Å². The molecule has 0 saturated carbocycles. The van der Waals surface area contributed by atoms with Crippen LogP contribution in [-0.2, 0) is 39.8 Å². The normalized spacial score (nSPS) is 12.5. The largest absolute Gasteiger partial charge is 0.480 e.